The first-order valence-electron chi connectivity index (χ1n) is 8.12. The maximum absolute atomic E-state index is 12.8. The van der Waals surface area contributed by atoms with Gasteiger partial charge in [-0.2, -0.15) is 13.2 Å². The normalized spacial score (nSPS) is 16.2. The zero-order valence-corrected chi connectivity index (χ0v) is 15.0. The van der Waals surface area contributed by atoms with Gasteiger partial charge in [-0.05, 0) is 36.8 Å². The largest absolute Gasteiger partial charge is 0.417 e. The molecule has 1 atom stereocenters. The van der Waals surface area contributed by atoms with Gasteiger partial charge in [0.25, 0.3) is 5.91 Å². The van der Waals surface area contributed by atoms with E-state index in [-0.39, 0.29) is 12.2 Å². The Morgan fingerprint density at radius 3 is 2.48 bits per heavy atom. The summed E-state index contributed by atoms with van der Waals surface area (Å²) in [5, 5.41) is 0.371. The maximum Gasteiger partial charge on any atom is 0.417 e. The summed E-state index contributed by atoms with van der Waals surface area (Å²) in [6, 6.07) is 7.01. The molecule has 1 aliphatic rings. The summed E-state index contributed by atoms with van der Waals surface area (Å²) >= 11 is 6.03. The third kappa shape index (κ3) is 3.75. The Hall–Kier alpha value is -2.61. The van der Waals surface area contributed by atoms with Gasteiger partial charge in [0.15, 0.2) is 0 Å². The summed E-state index contributed by atoms with van der Waals surface area (Å²) in [5.41, 5.74) is -0.287. The standard InChI is InChI=1S/C18H15ClF3N3O2/c1-2-24-10-15(26)25(17(24)27)16(11-4-3-5-13(19)8-11)14-7-6-12(9-23-14)18(20,21)22/h3-9,16H,2,10H2,1H3. The summed E-state index contributed by atoms with van der Waals surface area (Å²) in [7, 11) is 0. The van der Waals surface area contributed by atoms with Crippen LogP contribution in [0.5, 0.6) is 0 Å². The molecule has 0 bridgehead atoms. The number of halogens is 4. The number of hydrogen-bond acceptors (Lipinski definition) is 3. The van der Waals surface area contributed by atoms with Gasteiger partial charge in [-0.25, -0.2) is 9.69 Å². The second-order valence-electron chi connectivity index (χ2n) is 5.99. The molecule has 0 aliphatic carbocycles. The second kappa shape index (κ2) is 7.19. The Labute approximate surface area is 158 Å². The molecule has 3 rings (SSSR count). The van der Waals surface area contributed by atoms with Crippen LogP contribution in [-0.4, -0.2) is 39.8 Å². The minimum Gasteiger partial charge on any atom is -0.315 e. The van der Waals surface area contributed by atoms with Crippen LogP contribution in [0.1, 0.15) is 29.8 Å². The van der Waals surface area contributed by atoms with Gasteiger partial charge < -0.3 is 4.90 Å². The molecule has 142 valence electrons. The van der Waals surface area contributed by atoms with Crippen LogP contribution < -0.4 is 0 Å². The molecule has 1 aromatic carbocycles. The maximum atomic E-state index is 12.8. The molecular formula is C18H15ClF3N3O2. The van der Waals surface area contributed by atoms with Crippen LogP contribution in [0.4, 0.5) is 18.0 Å². The summed E-state index contributed by atoms with van der Waals surface area (Å²) in [4.78, 5) is 31.4. The van der Waals surface area contributed by atoms with Gasteiger partial charge in [0.2, 0.25) is 0 Å². The van der Waals surface area contributed by atoms with Gasteiger partial charge in [-0.15, -0.1) is 0 Å². The van der Waals surface area contributed by atoms with E-state index in [1.54, 1.807) is 31.2 Å². The molecule has 27 heavy (non-hydrogen) atoms. The lowest BCUT2D eigenvalue weighted by Gasteiger charge is -2.26. The third-order valence-electron chi connectivity index (χ3n) is 4.27. The lowest BCUT2D eigenvalue weighted by atomic mass is 10.0. The first-order valence-corrected chi connectivity index (χ1v) is 8.49. The molecule has 0 saturated carbocycles. The highest BCUT2D eigenvalue weighted by Crippen LogP contribution is 2.34. The van der Waals surface area contributed by atoms with E-state index < -0.39 is 29.7 Å². The zero-order valence-electron chi connectivity index (χ0n) is 14.2. The predicted octanol–water partition coefficient (Wildman–Crippen LogP) is 4.13. The van der Waals surface area contributed by atoms with E-state index in [4.69, 9.17) is 11.6 Å². The lowest BCUT2D eigenvalue weighted by Crippen LogP contribution is -2.37. The summed E-state index contributed by atoms with van der Waals surface area (Å²) in [6.45, 7) is 1.98. The van der Waals surface area contributed by atoms with Crippen LogP contribution >= 0.6 is 11.6 Å². The molecule has 1 saturated heterocycles. The number of hydrogen-bond donors (Lipinski definition) is 0. The number of urea groups is 1. The first-order chi connectivity index (χ1) is 12.7. The topological polar surface area (TPSA) is 53.5 Å². The van der Waals surface area contributed by atoms with Crippen molar-refractivity contribution in [2.24, 2.45) is 0 Å². The minimum atomic E-state index is -4.53. The fraction of sp³-hybridized carbons (Fsp3) is 0.278. The van der Waals surface area contributed by atoms with Gasteiger partial charge in [0.1, 0.15) is 12.6 Å². The quantitative estimate of drug-likeness (QED) is 0.729. The van der Waals surface area contributed by atoms with Crippen molar-refractivity contribution >= 4 is 23.5 Å². The Balaban J connectivity index is 2.09. The average Bonchev–Trinajstić information content (AvgIpc) is 2.90. The van der Waals surface area contributed by atoms with E-state index in [1.165, 1.54) is 11.0 Å². The number of imide groups is 1. The summed E-state index contributed by atoms with van der Waals surface area (Å²) < 4.78 is 38.5. The van der Waals surface area contributed by atoms with Crippen molar-refractivity contribution in [1.82, 2.24) is 14.8 Å². The van der Waals surface area contributed by atoms with Crippen molar-refractivity contribution in [2.45, 2.75) is 19.1 Å². The van der Waals surface area contributed by atoms with Crippen molar-refractivity contribution in [2.75, 3.05) is 13.1 Å². The van der Waals surface area contributed by atoms with E-state index >= 15 is 0 Å². The Morgan fingerprint density at radius 1 is 1.22 bits per heavy atom. The van der Waals surface area contributed by atoms with Crippen LogP contribution in [0.3, 0.4) is 0 Å². The van der Waals surface area contributed by atoms with E-state index in [2.05, 4.69) is 4.98 Å². The number of likely N-dealkylation sites (N-methyl/N-ethyl adjacent to an activating group) is 1. The molecule has 1 aromatic heterocycles. The molecule has 5 nitrogen and oxygen atoms in total. The molecule has 1 aliphatic heterocycles. The number of carbonyl (C=O) groups excluding carboxylic acids is 2. The first kappa shape index (κ1) is 19.2. The van der Waals surface area contributed by atoms with E-state index in [0.29, 0.717) is 23.3 Å². The zero-order chi connectivity index (χ0) is 19.8. The van der Waals surface area contributed by atoms with Crippen LogP contribution in [-0.2, 0) is 11.0 Å². The number of aromatic nitrogens is 1. The summed E-state index contributed by atoms with van der Waals surface area (Å²) in [6.07, 6.45) is -3.84. The number of rotatable bonds is 4. The Bertz CT molecular complexity index is 871. The molecule has 3 amide bonds. The number of carbonyl (C=O) groups is 2. The molecule has 0 radical (unpaired) electrons. The van der Waals surface area contributed by atoms with Crippen LogP contribution in [0.2, 0.25) is 5.02 Å². The third-order valence-corrected chi connectivity index (χ3v) is 4.50. The highest BCUT2D eigenvalue weighted by atomic mass is 35.5. The fourth-order valence-electron chi connectivity index (χ4n) is 2.93. The Morgan fingerprint density at radius 2 is 1.96 bits per heavy atom. The fourth-order valence-corrected chi connectivity index (χ4v) is 3.13. The smallest absolute Gasteiger partial charge is 0.315 e. The highest BCUT2D eigenvalue weighted by molar-refractivity contribution is 6.30. The number of pyridine rings is 1. The van der Waals surface area contributed by atoms with Gasteiger partial charge in [0.05, 0.1) is 11.3 Å². The predicted molar refractivity (Wildman–Crippen MR) is 92.0 cm³/mol. The lowest BCUT2D eigenvalue weighted by molar-refractivity contribution is -0.138. The number of benzene rings is 1. The van der Waals surface area contributed by atoms with Crippen LogP contribution in [0, 0.1) is 0 Å². The monoisotopic (exact) mass is 397 g/mol. The molecule has 2 aromatic rings. The number of alkyl halides is 3. The van der Waals surface area contributed by atoms with E-state index in [0.717, 1.165) is 11.0 Å². The second-order valence-corrected chi connectivity index (χ2v) is 6.42. The van der Waals surface area contributed by atoms with Crippen LogP contribution in [0.25, 0.3) is 0 Å². The van der Waals surface area contributed by atoms with Crippen molar-refractivity contribution in [3.05, 3.63) is 64.4 Å². The number of amides is 3. The molecule has 1 unspecified atom stereocenters. The summed E-state index contributed by atoms with van der Waals surface area (Å²) in [5.74, 6) is -0.450. The van der Waals surface area contributed by atoms with Crippen molar-refractivity contribution in [3.63, 3.8) is 0 Å². The molecule has 1 fully saturated rings. The van der Waals surface area contributed by atoms with Gasteiger partial charge >= 0.3 is 12.2 Å². The average molecular weight is 398 g/mol. The van der Waals surface area contributed by atoms with Gasteiger partial charge in [-0.1, -0.05) is 23.7 Å². The molecule has 0 N–H and O–H groups in total. The van der Waals surface area contributed by atoms with Crippen molar-refractivity contribution in [3.8, 4) is 0 Å². The van der Waals surface area contributed by atoms with Gasteiger partial charge in [0, 0.05) is 17.8 Å². The molecular weight excluding hydrogens is 383 g/mol. The highest BCUT2D eigenvalue weighted by Gasteiger charge is 2.42. The van der Waals surface area contributed by atoms with E-state index in [9.17, 15) is 22.8 Å². The van der Waals surface area contributed by atoms with E-state index in [1.807, 2.05) is 0 Å². The van der Waals surface area contributed by atoms with Crippen molar-refractivity contribution < 1.29 is 22.8 Å². The van der Waals surface area contributed by atoms with Crippen molar-refractivity contribution in [1.29, 1.82) is 0 Å². The Kier molecular flexibility index (Phi) is 5.10. The molecule has 2 heterocycles. The number of nitrogens with zero attached hydrogens (tertiary/aromatic N) is 3. The molecule has 9 heteroatoms. The SMILES string of the molecule is CCN1CC(=O)N(C(c2cccc(Cl)c2)c2ccc(C(F)(F)F)cn2)C1=O. The minimum absolute atomic E-state index is 0.0902. The van der Waals surface area contributed by atoms with Gasteiger partial charge in [-0.3, -0.25) is 9.78 Å². The van der Waals surface area contributed by atoms with Crippen LogP contribution in [0.15, 0.2) is 42.6 Å². The molecule has 0 spiro atoms.